The lowest BCUT2D eigenvalue weighted by molar-refractivity contribution is -0.141. The molecule has 0 bridgehead atoms. The smallest absolute Gasteiger partial charge is 0.326 e. The van der Waals surface area contributed by atoms with Gasteiger partial charge in [-0.3, -0.25) is 9.59 Å². The van der Waals surface area contributed by atoms with Crippen LogP contribution in [0.5, 0.6) is 0 Å². The first-order valence-electron chi connectivity index (χ1n) is 6.33. The number of aliphatic carboxylic acids is 1. The van der Waals surface area contributed by atoms with Gasteiger partial charge >= 0.3 is 5.97 Å². The van der Waals surface area contributed by atoms with Crippen LogP contribution in [0.25, 0.3) is 0 Å². The van der Waals surface area contributed by atoms with Crippen molar-refractivity contribution in [1.29, 1.82) is 0 Å². The lowest BCUT2D eigenvalue weighted by Gasteiger charge is -2.14. The average Bonchev–Trinajstić information content (AvgIpc) is 2.32. The van der Waals surface area contributed by atoms with E-state index in [4.69, 9.17) is 5.11 Å². The number of carboxylic acid groups (broad SMARTS) is 1. The summed E-state index contributed by atoms with van der Waals surface area (Å²) in [6.07, 6.45) is -0.252. The van der Waals surface area contributed by atoms with Crippen LogP contribution in [0.15, 0.2) is 12.1 Å². The monoisotopic (exact) mass is 277 g/mol. The fourth-order valence-electron chi connectivity index (χ4n) is 2.00. The maximum Gasteiger partial charge on any atom is 0.326 e. The molecule has 0 aliphatic heterocycles. The Hall–Kier alpha value is -2.17. The predicted octanol–water partition coefficient (Wildman–Crippen LogP) is 1.77. The Bertz CT molecular complexity index is 563. The molecule has 1 aromatic carbocycles. The van der Waals surface area contributed by atoms with E-state index >= 15 is 0 Å². The molecule has 1 atom stereocenters. The number of aryl methyl sites for hydroxylation is 3. The van der Waals surface area contributed by atoms with Crippen molar-refractivity contribution in [3.05, 3.63) is 34.4 Å². The molecule has 0 radical (unpaired) electrons. The molecule has 2 N–H and O–H groups in total. The van der Waals surface area contributed by atoms with Crippen molar-refractivity contribution >= 4 is 17.7 Å². The standard InChI is InChI=1S/C15H19NO4/c1-8-5-10(3)12(6-9(8)2)14(18)7-13(15(19)20)16-11(4)17/h5-6,13H,7H2,1-4H3,(H,16,17)(H,19,20). The number of carboxylic acids is 1. The predicted molar refractivity (Wildman–Crippen MR) is 74.8 cm³/mol. The third-order valence-corrected chi connectivity index (χ3v) is 3.21. The molecule has 1 aromatic rings. The van der Waals surface area contributed by atoms with E-state index < -0.39 is 17.9 Å². The van der Waals surface area contributed by atoms with Crippen molar-refractivity contribution < 1.29 is 19.5 Å². The van der Waals surface area contributed by atoms with Crippen LogP contribution in [0.3, 0.4) is 0 Å². The summed E-state index contributed by atoms with van der Waals surface area (Å²) in [4.78, 5) is 34.2. The second-order valence-electron chi connectivity index (χ2n) is 4.97. The molecule has 1 amide bonds. The molecule has 0 saturated carbocycles. The average molecular weight is 277 g/mol. The molecule has 0 saturated heterocycles. The van der Waals surface area contributed by atoms with Crippen molar-refractivity contribution in [1.82, 2.24) is 5.32 Å². The first-order chi connectivity index (χ1) is 9.22. The second kappa shape index (κ2) is 6.32. The SMILES string of the molecule is CC(=O)NC(CC(=O)c1cc(C)c(C)cc1C)C(=O)O. The van der Waals surface area contributed by atoms with Gasteiger partial charge in [-0.2, -0.15) is 0 Å². The number of carbonyl (C=O) groups is 3. The minimum atomic E-state index is -1.21. The molecule has 0 spiro atoms. The Morgan fingerprint density at radius 1 is 1.10 bits per heavy atom. The van der Waals surface area contributed by atoms with Crippen LogP contribution in [-0.4, -0.2) is 28.8 Å². The van der Waals surface area contributed by atoms with Gasteiger partial charge in [0.15, 0.2) is 5.78 Å². The highest BCUT2D eigenvalue weighted by Crippen LogP contribution is 2.17. The quantitative estimate of drug-likeness (QED) is 0.803. The summed E-state index contributed by atoms with van der Waals surface area (Å²) in [6.45, 7) is 6.89. The van der Waals surface area contributed by atoms with E-state index in [0.717, 1.165) is 16.7 Å². The number of rotatable bonds is 5. The van der Waals surface area contributed by atoms with E-state index in [1.807, 2.05) is 26.8 Å². The van der Waals surface area contributed by atoms with E-state index in [1.165, 1.54) is 6.92 Å². The summed E-state index contributed by atoms with van der Waals surface area (Å²) in [5, 5.41) is 11.3. The van der Waals surface area contributed by atoms with Gasteiger partial charge in [0.2, 0.25) is 5.91 Å². The van der Waals surface area contributed by atoms with Crippen LogP contribution in [0.2, 0.25) is 0 Å². The molecule has 20 heavy (non-hydrogen) atoms. The largest absolute Gasteiger partial charge is 0.480 e. The molecular weight excluding hydrogens is 258 g/mol. The molecule has 0 heterocycles. The molecule has 5 heteroatoms. The van der Waals surface area contributed by atoms with Crippen LogP contribution in [-0.2, 0) is 9.59 Å². The highest BCUT2D eigenvalue weighted by atomic mass is 16.4. The fourth-order valence-corrected chi connectivity index (χ4v) is 2.00. The van der Waals surface area contributed by atoms with E-state index in [0.29, 0.717) is 5.56 Å². The van der Waals surface area contributed by atoms with Crippen molar-refractivity contribution in [3.63, 3.8) is 0 Å². The third kappa shape index (κ3) is 3.91. The minimum Gasteiger partial charge on any atom is -0.480 e. The van der Waals surface area contributed by atoms with Gasteiger partial charge < -0.3 is 10.4 Å². The van der Waals surface area contributed by atoms with Gasteiger partial charge in [-0.1, -0.05) is 6.07 Å². The molecule has 1 rings (SSSR count). The number of hydrogen-bond acceptors (Lipinski definition) is 3. The summed E-state index contributed by atoms with van der Waals surface area (Å²) in [5.41, 5.74) is 3.37. The maximum absolute atomic E-state index is 12.2. The normalized spacial score (nSPS) is 11.8. The Labute approximate surface area is 118 Å². The van der Waals surface area contributed by atoms with E-state index in [9.17, 15) is 14.4 Å². The molecule has 0 aliphatic rings. The molecule has 1 unspecified atom stereocenters. The van der Waals surface area contributed by atoms with Crippen molar-refractivity contribution in [3.8, 4) is 0 Å². The zero-order chi connectivity index (χ0) is 15.4. The fraction of sp³-hybridized carbons (Fsp3) is 0.400. The maximum atomic E-state index is 12.2. The summed E-state index contributed by atoms with van der Waals surface area (Å²) in [7, 11) is 0. The Balaban J connectivity index is 2.97. The van der Waals surface area contributed by atoms with Crippen LogP contribution >= 0.6 is 0 Å². The number of Topliss-reactive ketones (excluding diaryl/α,β-unsaturated/α-hetero) is 1. The number of amides is 1. The Kier molecular flexibility index (Phi) is 5.02. The topological polar surface area (TPSA) is 83.5 Å². The van der Waals surface area contributed by atoms with Gasteiger partial charge in [0.1, 0.15) is 6.04 Å². The number of benzene rings is 1. The van der Waals surface area contributed by atoms with Gasteiger partial charge in [-0.05, 0) is 43.5 Å². The van der Waals surface area contributed by atoms with Gasteiger partial charge in [-0.25, -0.2) is 4.79 Å². The summed E-state index contributed by atoms with van der Waals surface area (Å²) >= 11 is 0. The van der Waals surface area contributed by atoms with Crippen molar-refractivity contribution in [2.75, 3.05) is 0 Å². The van der Waals surface area contributed by atoms with Gasteiger partial charge in [0.25, 0.3) is 0 Å². The molecule has 0 fully saturated rings. The third-order valence-electron chi connectivity index (χ3n) is 3.21. The zero-order valence-electron chi connectivity index (χ0n) is 12.1. The molecule has 0 aromatic heterocycles. The zero-order valence-corrected chi connectivity index (χ0v) is 12.1. The molecule has 5 nitrogen and oxygen atoms in total. The number of ketones is 1. The van der Waals surface area contributed by atoms with E-state index in [2.05, 4.69) is 5.32 Å². The van der Waals surface area contributed by atoms with Crippen molar-refractivity contribution in [2.45, 2.75) is 40.2 Å². The number of hydrogen-bond donors (Lipinski definition) is 2. The van der Waals surface area contributed by atoms with Gasteiger partial charge in [0, 0.05) is 18.9 Å². The molecule has 108 valence electrons. The lowest BCUT2D eigenvalue weighted by Crippen LogP contribution is -2.41. The highest BCUT2D eigenvalue weighted by molar-refractivity contribution is 6.00. The first-order valence-corrected chi connectivity index (χ1v) is 6.33. The van der Waals surface area contributed by atoms with Crippen molar-refractivity contribution in [2.24, 2.45) is 0 Å². The Morgan fingerprint density at radius 3 is 2.15 bits per heavy atom. The number of carbonyl (C=O) groups excluding carboxylic acids is 2. The van der Waals surface area contributed by atoms with Crippen LogP contribution in [0, 0.1) is 20.8 Å². The van der Waals surface area contributed by atoms with E-state index in [-0.39, 0.29) is 12.2 Å². The highest BCUT2D eigenvalue weighted by Gasteiger charge is 2.23. The van der Waals surface area contributed by atoms with Gasteiger partial charge in [-0.15, -0.1) is 0 Å². The Morgan fingerprint density at radius 2 is 1.65 bits per heavy atom. The first kappa shape index (κ1) is 15.9. The summed E-state index contributed by atoms with van der Waals surface area (Å²) in [5.74, 6) is -1.97. The molecule has 0 aliphatic carbocycles. The second-order valence-corrected chi connectivity index (χ2v) is 4.97. The van der Waals surface area contributed by atoms with Crippen LogP contribution < -0.4 is 5.32 Å². The summed E-state index contributed by atoms with van der Waals surface area (Å²) in [6, 6.07) is 2.47. The van der Waals surface area contributed by atoms with Crippen LogP contribution in [0.4, 0.5) is 0 Å². The summed E-state index contributed by atoms with van der Waals surface area (Å²) < 4.78 is 0. The number of nitrogens with one attached hydrogen (secondary N) is 1. The lowest BCUT2D eigenvalue weighted by atomic mass is 9.95. The van der Waals surface area contributed by atoms with Gasteiger partial charge in [0.05, 0.1) is 0 Å². The molecular formula is C15H19NO4. The van der Waals surface area contributed by atoms with Crippen LogP contribution in [0.1, 0.15) is 40.4 Å². The van der Waals surface area contributed by atoms with E-state index in [1.54, 1.807) is 6.07 Å². The minimum absolute atomic E-state index is 0.252.